The number of allylic oxidation sites excluding steroid dienone is 6. The zero-order valence-electron chi connectivity index (χ0n) is 51.4. The molecule has 95 heavy (non-hydrogen) atoms. The maximum absolute atomic E-state index is 6.35. The average Bonchev–Trinajstić information content (AvgIpc) is 1.63. The van der Waals surface area contributed by atoms with E-state index in [1.807, 2.05) is 18.2 Å². The predicted molar refractivity (Wildman–Crippen MR) is 399 cm³/mol. The molecule has 15 aromatic carbocycles. The van der Waals surface area contributed by atoms with Gasteiger partial charge in [0.15, 0.2) is 0 Å². The minimum absolute atomic E-state index is 0.256. The molecule has 0 saturated carbocycles. The summed E-state index contributed by atoms with van der Waals surface area (Å²) in [4.78, 5) is 19.8. The summed E-state index contributed by atoms with van der Waals surface area (Å²) in [6.07, 6.45) is 10.5. The van der Waals surface area contributed by atoms with E-state index in [1.165, 1.54) is 103 Å². The largest absolute Gasteiger partial charge is 0.278 e. The molecule has 0 amide bonds. The Morgan fingerprint density at radius 2 is 0.737 bits per heavy atom. The summed E-state index contributed by atoms with van der Waals surface area (Å²) in [6.45, 7) is 0. The van der Waals surface area contributed by atoms with E-state index >= 15 is 0 Å². The van der Waals surface area contributed by atoms with Crippen molar-refractivity contribution in [3.05, 3.63) is 350 Å². The second-order valence-corrected chi connectivity index (χ2v) is 24.9. The monoisotopic (exact) mass is 1230 g/mol. The normalized spacial score (nSPS) is 12.4. The van der Waals surface area contributed by atoms with Gasteiger partial charge < -0.3 is 0 Å². The van der Waals surface area contributed by atoms with Gasteiger partial charge >= 0.3 is 0 Å². The minimum Gasteiger partial charge on any atom is -0.278 e. The van der Waals surface area contributed by atoms with Crippen molar-refractivity contribution in [2.24, 2.45) is 0 Å². The summed E-state index contributed by atoms with van der Waals surface area (Å²) in [7, 11) is 0. The van der Waals surface area contributed by atoms with Gasteiger partial charge in [0.2, 0.25) is 11.2 Å². The van der Waals surface area contributed by atoms with Crippen LogP contribution < -0.4 is 0 Å². The number of halogens is 1. The van der Waals surface area contributed by atoms with Crippen molar-refractivity contribution < 1.29 is 0 Å². The van der Waals surface area contributed by atoms with Gasteiger partial charge in [-0.15, -0.1) is 0 Å². The van der Waals surface area contributed by atoms with Crippen LogP contribution in [0.4, 0.5) is 0 Å². The standard InChI is InChI=1S/C44H27N3.C28H17ClN2.C17H11/c1-3-11-30-23-34(19-17-28(30)9-1)35-21-22-38-40(26-35)45-44(46-43(38)36-20-18-29-10-2-4-12-31(29)24-36)47-41-16-8-7-15-37(41)39-25-32-13-5-6-14-33(32)27-42(39)47;29-28-30-26-17-23(22-11-9-18-5-1-3-7-20(18)15-22)13-14-25(26)27(31-28)24-12-10-19-6-2-4-8-21(19)16-24;1-2-6-13-11-17-15(9-12(13)5-1)10-14-7-3-4-8-16(14)17/h1-27H;1-17H;1-2,4-9,11H,10H2/q;;+1. The third-order valence-corrected chi connectivity index (χ3v) is 19.1. The summed E-state index contributed by atoms with van der Waals surface area (Å²) < 4.78 is 2.24. The molecule has 0 aliphatic heterocycles. The van der Waals surface area contributed by atoms with Gasteiger partial charge in [-0.2, -0.15) is 0 Å². The van der Waals surface area contributed by atoms with E-state index in [-0.39, 0.29) is 5.28 Å². The van der Waals surface area contributed by atoms with E-state index in [0.29, 0.717) is 5.95 Å². The number of benzene rings is 15. The molecule has 0 spiro atoms. The van der Waals surface area contributed by atoms with Crippen LogP contribution in [0.5, 0.6) is 0 Å². The molecular formula is C89H55ClN5+. The number of hydrogen-bond acceptors (Lipinski definition) is 4. The van der Waals surface area contributed by atoms with E-state index in [0.717, 1.165) is 78.5 Å². The molecule has 2 aliphatic carbocycles. The fraction of sp³-hybridized carbons (Fsp3) is 0.0112. The zero-order chi connectivity index (χ0) is 62.9. The Morgan fingerprint density at radius 1 is 0.316 bits per heavy atom. The topological polar surface area (TPSA) is 56.5 Å². The fourth-order valence-corrected chi connectivity index (χ4v) is 14.3. The minimum atomic E-state index is 0.256. The average molecular weight is 1230 g/mol. The van der Waals surface area contributed by atoms with E-state index < -0.39 is 0 Å². The molecule has 0 fully saturated rings. The molecule has 2 aliphatic rings. The predicted octanol–water partition coefficient (Wildman–Crippen LogP) is 23.5. The van der Waals surface area contributed by atoms with Crippen LogP contribution >= 0.6 is 11.6 Å². The van der Waals surface area contributed by atoms with Crippen LogP contribution in [-0.4, -0.2) is 24.5 Å². The first-order chi connectivity index (χ1) is 46.9. The van der Waals surface area contributed by atoms with Gasteiger partial charge in [0.1, 0.15) is 12.2 Å². The molecule has 5 nitrogen and oxygen atoms in total. The van der Waals surface area contributed by atoms with E-state index in [9.17, 15) is 0 Å². The maximum Gasteiger partial charge on any atom is 0.235 e. The van der Waals surface area contributed by atoms with Gasteiger partial charge in [-0.05, 0) is 183 Å². The molecule has 3 heterocycles. The van der Waals surface area contributed by atoms with Crippen molar-refractivity contribution in [3.8, 4) is 50.7 Å². The van der Waals surface area contributed by atoms with Gasteiger partial charge in [-0.25, -0.2) is 19.9 Å². The third kappa shape index (κ3) is 10.2. The molecular weight excluding hydrogens is 1170 g/mol. The summed E-state index contributed by atoms with van der Waals surface area (Å²) in [6, 6.07) is 108. The molecule has 0 bridgehead atoms. The van der Waals surface area contributed by atoms with Crippen molar-refractivity contribution in [1.82, 2.24) is 24.5 Å². The van der Waals surface area contributed by atoms with Crippen molar-refractivity contribution in [2.75, 3.05) is 0 Å². The van der Waals surface area contributed by atoms with Crippen LogP contribution in [0.3, 0.4) is 0 Å². The molecule has 0 saturated heterocycles. The highest BCUT2D eigenvalue weighted by molar-refractivity contribution is 6.29. The van der Waals surface area contributed by atoms with Gasteiger partial charge in [-0.1, -0.05) is 224 Å². The number of aromatic nitrogens is 5. The molecule has 0 radical (unpaired) electrons. The third-order valence-electron chi connectivity index (χ3n) is 18.9. The number of hydrogen-bond donors (Lipinski definition) is 0. The molecule has 18 aromatic rings. The van der Waals surface area contributed by atoms with Crippen LogP contribution in [0.1, 0.15) is 11.1 Å². The number of nitrogens with zero attached hydrogens (tertiary/aromatic N) is 5. The lowest BCUT2D eigenvalue weighted by Gasteiger charge is -2.14. The first kappa shape index (κ1) is 55.6. The lowest BCUT2D eigenvalue weighted by molar-refractivity contribution is 1.01. The highest BCUT2D eigenvalue weighted by atomic mass is 35.5. The van der Waals surface area contributed by atoms with Crippen LogP contribution in [0.25, 0.3) is 165 Å². The van der Waals surface area contributed by atoms with Crippen LogP contribution in [-0.2, 0) is 6.42 Å². The summed E-state index contributed by atoms with van der Waals surface area (Å²) in [5, 5.41) is 19.4. The number of para-hydroxylation sites is 1. The van der Waals surface area contributed by atoms with Crippen molar-refractivity contribution >= 4 is 125 Å². The van der Waals surface area contributed by atoms with Gasteiger partial charge in [0, 0.05) is 50.7 Å². The number of fused-ring (bicyclic) bond motifs is 13. The van der Waals surface area contributed by atoms with Crippen LogP contribution in [0.15, 0.2) is 327 Å². The molecule has 0 unspecified atom stereocenters. The molecule has 6 heteroatoms. The second-order valence-electron chi connectivity index (χ2n) is 24.6. The molecule has 442 valence electrons. The Balaban J connectivity index is 0.000000117. The lowest BCUT2D eigenvalue weighted by atomic mass is 9.98. The Labute approximate surface area is 553 Å². The van der Waals surface area contributed by atoms with Crippen molar-refractivity contribution in [1.29, 1.82) is 0 Å². The fourth-order valence-electron chi connectivity index (χ4n) is 14.2. The Kier molecular flexibility index (Phi) is 13.5. The smallest absolute Gasteiger partial charge is 0.235 e. The summed E-state index contributed by atoms with van der Waals surface area (Å²) in [5.74, 6) is 0.665. The van der Waals surface area contributed by atoms with Gasteiger partial charge in [-0.3, -0.25) is 4.57 Å². The Hall–Kier alpha value is -12.2. The first-order valence-electron chi connectivity index (χ1n) is 32.1. The molecule has 0 N–H and O–H groups in total. The highest BCUT2D eigenvalue weighted by Crippen LogP contribution is 2.41. The van der Waals surface area contributed by atoms with Gasteiger partial charge in [0.05, 0.1) is 50.7 Å². The van der Waals surface area contributed by atoms with E-state index in [2.05, 4.69) is 324 Å². The van der Waals surface area contributed by atoms with Crippen molar-refractivity contribution in [3.63, 3.8) is 0 Å². The SMILES string of the molecule is Clc1nc(-c2ccc3ccccc3c2)c2ccc(-c3ccc4ccccc4c3)cc2n1.[C+]1=CC2=C(C=C1)c1cc3ccccc3cc1C2.c1ccc2cc(-c3ccc4c(-c5ccc6ccccc6c5)nc(-n5c6ccccc6c6cc7ccccc7cc65)nc4c3)ccc2c1. The second kappa shape index (κ2) is 23.2. The summed E-state index contributed by atoms with van der Waals surface area (Å²) in [5.41, 5.74) is 18.0. The highest BCUT2D eigenvalue weighted by Gasteiger charge is 2.27. The van der Waals surface area contributed by atoms with E-state index in [4.69, 9.17) is 21.6 Å². The quantitative estimate of drug-likeness (QED) is 0.127. The molecule has 3 aromatic heterocycles. The van der Waals surface area contributed by atoms with Gasteiger partial charge in [0.25, 0.3) is 0 Å². The lowest BCUT2D eigenvalue weighted by Crippen LogP contribution is -2.03. The summed E-state index contributed by atoms with van der Waals surface area (Å²) >= 11 is 6.35. The Morgan fingerprint density at radius 3 is 1.29 bits per heavy atom. The first-order valence-corrected chi connectivity index (χ1v) is 32.5. The van der Waals surface area contributed by atoms with Crippen LogP contribution in [0, 0.1) is 6.08 Å². The number of rotatable bonds is 5. The maximum atomic E-state index is 6.35. The molecule has 0 atom stereocenters. The van der Waals surface area contributed by atoms with Crippen LogP contribution in [0.2, 0.25) is 5.28 Å². The van der Waals surface area contributed by atoms with E-state index in [1.54, 1.807) is 0 Å². The Bertz CT molecular complexity index is 6290. The molecule has 20 rings (SSSR count). The zero-order valence-corrected chi connectivity index (χ0v) is 52.2. The van der Waals surface area contributed by atoms with Crippen molar-refractivity contribution in [2.45, 2.75) is 6.42 Å².